The Bertz CT molecular complexity index is 175. The first-order valence-electron chi connectivity index (χ1n) is 3.66. The Balaban J connectivity index is 3.89. The van der Waals surface area contributed by atoms with Crippen molar-refractivity contribution in [3.63, 3.8) is 0 Å². The van der Waals surface area contributed by atoms with Crippen molar-refractivity contribution >= 4 is 0 Å². The molecule has 1 unspecified atom stereocenters. The zero-order chi connectivity index (χ0) is 9.61. The Labute approximate surface area is 70.3 Å². The first-order valence-corrected chi connectivity index (χ1v) is 3.66. The minimum Gasteiger partial charge on any atom is -0.309 e. The standard InChI is InChI=1S/C8H12F3N/c1-3-4-5-6-7(12-2)8(9,10)11/h7,12H,5-6H2,1-2H3. The molecule has 0 aromatic rings. The van der Waals surface area contributed by atoms with Gasteiger partial charge in [-0.3, -0.25) is 0 Å². The summed E-state index contributed by atoms with van der Waals surface area (Å²) in [5, 5.41) is 2.21. The van der Waals surface area contributed by atoms with Gasteiger partial charge in [0, 0.05) is 6.42 Å². The summed E-state index contributed by atoms with van der Waals surface area (Å²) in [7, 11) is 1.30. The highest BCUT2D eigenvalue weighted by atomic mass is 19.4. The van der Waals surface area contributed by atoms with Gasteiger partial charge in [0.25, 0.3) is 0 Å². The highest BCUT2D eigenvalue weighted by molar-refractivity contribution is 4.96. The molecule has 1 N–H and O–H groups in total. The van der Waals surface area contributed by atoms with Gasteiger partial charge >= 0.3 is 6.18 Å². The zero-order valence-electron chi connectivity index (χ0n) is 7.13. The van der Waals surface area contributed by atoms with Crippen LogP contribution in [0, 0.1) is 11.8 Å². The summed E-state index contributed by atoms with van der Waals surface area (Å²) in [6.45, 7) is 1.61. The van der Waals surface area contributed by atoms with Crippen molar-refractivity contribution in [3.8, 4) is 11.8 Å². The maximum atomic E-state index is 12.0. The molecule has 0 aromatic carbocycles. The van der Waals surface area contributed by atoms with Gasteiger partial charge in [-0.25, -0.2) is 0 Å². The lowest BCUT2D eigenvalue weighted by Crippen LogP contribution is -2.39. The lowest BCUT2D eigenvalue weighted by Gasteiger charge is -2.17. The number of nitrogens with one attached hydrogen (secondary N) is 1. The van der Waals surface area contributed by atoms with Crippen molar-refractivity contribution in [1.29, 1.82) is 0 Å². The summed E-state index contributed by atoms with van der Waals surface area (Å²) in [5.74, 6) is 5.15. The van der Waals surface area contributed by atoms with Crippen LogP contribution >= 0.6 is 0 Å². The normalized spacial score (nSPS) is 13.4. The predicted octanol–water partition coefficient (Wildman–Crippen LogP) is 1.94. The molecule has 0 rings (SSSR count). The largest absolute Gasteiger partial charge is 0.403 e. The van der Waals surface area contributed by atoms with Crippen molar-refractivity contribution in [3.05, 3.63) is 0 Å². The van der Waals surface area contributed by atoms with Crippen LogP contribution in [0.2, 0.25) is 0 Å². The Hall–Kier alpha value is -0.690. The summed E-state index contributed by atoms with van der Waals surface area (Å²) < 4.78 is 36.1. The van der Waals surface area contributed by atoms with Gasteiger partial charge in [0.1, 0.15) is 6.04 Å². The van der Waals surface area contributed by atoms with Crippen LogP contribution in [-0.2, 0) is 0 Å². The molecule has 0 aromatic heterocycles. The molecule has 0 saturated carbocycles. The van der Waals surface area contributed by atoms with Crippen molar-refractivity contribution in [2.24, 2.45) is 0 Å². The van der Waals surface area contributed by atoms with E-state index in [0.717, 1.165) is 0 Å². The number of halogens is 3. The molecule has 0 saturated heterocycles. The minimum absolute atomic E-state index is 0.0147. The van der Waals surface area contributed by atoms with Gasteiger partial charge in [-0.05, 0) is 20.4 Å². The van der Waals surface area contributed by atoms with Gasteiger partial charge in [-0.1, -0.05) is 0 Å². The predicted molar refractivity (Wildman–Crippen MR) is 41.6 cm³/mol. The van der Waals surface area contributed by atoms with Crippen LogP contribution < -0.4 is 5.32 Å². The number of alkyl halides is 3. The molecule has 4 heteroatoms. The van der Waals surface area contributed by atoms with E-state index < -0.39 is 12.2 Å². The maximum Gasteiger partial charge on any atom is 0.403 e. The molecule has 0 aliphatic carbocycles. The number of hydrogen-bond donors (Lipinski definition) is 1. The highest BCUT2D eigenvalue weighted by Crippen LogP contribution is 2.22. The molecule has 70 valence electrons. The van der Waals surface area contributed by atoms with E-state index in [2.05, 4.69) is 17.2 Å². The Kier molecular flexibility index (Phi) is 4.75. The van der Waals surface area contributed by atoms with Crippen molar-refractivity contribution in [2.75, 3.05) is 7.05 Å². The third-order valence-corrected chi connectivity index (χ3v) is 1.48. The summed E-state index contributed by atoms with van der Waals surface area (Å²) in [4.78, 5) is 0. The molecule has 0 aliphatic rings. The van der Waals surface area contributed by atoms with Crippen LogP contribution in [0.15, 0.2) is 0 Å². The Morgan fingerprint density at radius 2 is 2.00 bits per heavy atom. The number of rotatable bonds is 3. The van der Waals surface area contributed by atoms with Crippen LogP contribution in [0.4, 0.5) is 13.2 Å². The van der Waals surface area contributed by atoms with Crippen LogP contribution in [0.25, 0.3) is 0 Å². The van der Waals surface area contributed by atoms with E-state index in [1.54, 1.807) is 6.92 Å². The van der Waals surface area contributed by atoms with E-state index >= 15 is 0 Å². The minimum atomic E-state index is -4.16. The zero-order valence-corrected chi connectivity index (χ0v) is 7.13. The summed E-state index contributed by atoms with van der Waals surface area (Å²) in [6.07, 6.45) is -3.87. The fraction of sp³-hybridized carbons (Fsp3) is 0.750. The second-order valence-corrected chi connectivity index (χ2v) is 2.35. The first kappa shape index (κ1) is 11.3. The number of hydrogen-bond acceptors (Lipinski definition) is 1. The molecular weight excluding hydrogens is 167 g/mol. The molecule has 0 spiro atoms. The molecule has 0 bridgehead atoms. The third-order valence-electron chi connectivity index (χ3n) is 1.48. The van der Waals surface area contributed by atoms with Gasteiger partial charge in [-0.15, -0.1) is 11.8 Å². The van der Waals surface area contributed by atoms with Crippen LogP contribution in [0.1, 0.15) is 19.8 Å². The van der Waals surface area contributed by atoms with Gasteiger partial charge in [0.2, 0.25) is 0 Å². The molecular formula is C8H12F3N. The van der Waals surface area contributed by atoms with Crippen LogP contribution in [-0.4, -0.2) is 19.3 Å². The van der Waals surface area contributed by atoms with E-state index in [9.17, 15) is 13.2 Å². The summed E-state index contributed by atoms with van der Waals surface area (Å²) in [5.41, 5.74) is 0. The van der Waals surface area contributed by atoms with Gasteiger partial charge < -0.3 is 5.32 Å². The lowest BCUT2D eigenvalue weighted by atomic mass is 10.1. The smallest absolute Gasteiger partial charge is 0.309 e. The third kappa shape index (κ3) is 4.24. The Morgan fingerprint density at radius 1 is 1.42 bits per heavy atom. The second kappa shape index (κ2) is 5.04. The quantitative estimate of drug-likeness (QED) is 0.653. The summed E-state index contributed by atoms with van der Waals surface area (Å²) in [6, 6.07) is -1.43. The first-order chi connectivity index (χ1) is 5.52. The van der Waals surface area contributed by atoms with E-state index in [0.29, 0.717) is 0 Å². The van der Waals surface area contributed by atoms with E-state index in [-0.39, 0.29) is 12.8 Å². The SMILES string of the molecule is CC#CCCC(NC)C(F)(F)F. The van der Waals surface area contributed by atoms with E-state index in [1.807, 2.05) is 0 Å². The van der Waals surface area contributed by atoms with Gasteiger partial charge in [0.05, 0.1) is 0 Å². The van der Waals surface area contributed by atoms with Crippen LogP contribution in [0.3, 0.4) is 0 Å². The average molecular weight is 179 g/mol. The molecule has 12 heavy (non-hydrogen) atoms. The molecule has 1 nitrogen and oxygen atoms in total. The highest BCUT2D eigenvalue weighted by Gasteiger charge is 2.37. The molecule has 0 fully saturated rings. The molecule has 0 radical (unpaired) electrons. The van der Waals surface area contributed by atoms with E-state index in [1.165, 1.54) is 7.05 Å². The average Bonchev–Trinajstić information content (AvgIpc) is 1.95. The molecule has 0 heterocycles. The Morgan fingerprint density at radius 3 is 2.33 bits per heavy atom. The topological polar surface area (TPSA) is 12.0 Å². The van der Waals surface area contributed by atoms with Crippen molar-refractivity contribution < 1.29 is 13.2 Å². The van der Waals surface area contributed by atoms with Crippen molar-refractivity contribution in [2.45, 2.75) is 32.0 Å². The van der Waals surface area contributed by atoms with Crippen molar-refractivity contribution in [1.82, 2.24) is 5.32 Å². The monoisotopic (exact) mass is 179 g/mol. The lowest BCUT2D eigenvalue weighted by molar-refractivity contribution is -0.155. The van der Waals surface area contributed by atoms with Gasteiger partial charge in [0.15, 0.2) is 0 Å². The maximum absolute atomic E-state index is 12.0. The fourth-order valence-corrected chi connectivity index (χ4v) is 0.813. The fourth-order valence-electron chi connectivity index (χ4n) is 0.813. The molecule has 0 amide bonds. The molecule has 0 aliphatic heterocycles. The van der Waals surface area contributed by atoms with Gasteiger partial charge in [-0.2, -0.15) is 13.2 Å². The second-order valence-electron chi connectivity index (χ2n) is 2.35. The summed E-state index contributed by atoms with van der Waals surface area (Å²) >= 11 is 0. The van der Waals surface area contributed by atoms with Crippen LogP contribution in [0.5, 0.6) is 0 Å². The molecule has 1 atom stereocenters. The van der Waals surface area contributed by atoms with E-state index in [4.69, 9.17) is 0 Å².